The van der Waals surface area contributed by atoms with E-state index in [-0.39, 0.29) is 18.4 Å². The molecule has 0 N–H and O–H groups in total. The van der Waals surface area contributed by atoms with Crippen molar-refractivity contribution >= 4 is 17.7 Å². The minimum Gasteiger partial charge on any atom is -0.454 e. The first-order chi connectivity index (χ1) is 15.3. The normalized spacial score (nSPS) is 13.0. The van der Waals surface area contributed by atoms with Gasteiger partial charge < -0.3 is 14.0 Å². The Morgan fingerprint density at radius 2 is 1.53 bits per heavy atom. The first kappa shape index (κ1) is 21.6. The summed E-state index contributed by atoms with van der Waals surface area (Å²) >= 11 is 0. The molecule has 32 heavy (non-hydrogen) atoms. The molecular formula is C26H25NO5. The lowest BCUT2D eigenvalue weighted by atomic mass is 10.0. The van der Waals surface area contributed by atoms with Gasteiger partial charge in [-0.05, 0) is 68.1 Å². The number of ether oxygens (including phenoxy) is 2. The zero-order valence-electron chi connectivity index (χ0n) is 18.4. The first-order valence-electron chi connectivity index (χ1n) is 10.6. The zero-order chi connectivity index (χ0) is 22.8. The molecule has 1 aliphatic rings. The van der Waals surface area contributed by atoms with E-state index in [0.717, 1.165) is 35.4 Å². The number of Topliss-reactive ketones (excluding diaryl/α,β-unsaturated/α-hetero) is 1. The molecule has 0 bridgehead atoms. The lowest BCUT2D eigenvalue weighted by molar-refractivity contribution is -0.131. The number of ketones is 1. The van der Waals surface area contributed by atoms with E-state index in [1.54, 1.807) is 24.3 Å². The highest BCUT2D eigenvalue weighted by atomic mass is 16.5. The Morgan fingerprint density at radius 3 is 2.09 bits per heavy atom. The third-order valence-electron chi connectivity index (χ3n) is 5.60. The number of carbonyl (C=O) groups excluding carboxylic acids is 3. The van der Waals surface area contributed by atoms with E-state index in [1.165, 1.54) is 6.92 Å². The molecule has 164 valence electrons. The fraction of sp³-hybridized carbons (Fsp3) is 0.269. The van der Waals surface area contributed by atoms with Gasteiger partial charge in [0, 0.05) is 29.9 Å². The number of hydrogen-bond donors (Lipinski definition) is 0. The number of carbonyl (C=O) groups is 3. The van der Waals surface area contributed by atoms with Crippen molar-refractivity contribution in [3.63, 3.8) is 0 Å². The van der Waals surface area contributed by atoms with Crippen molar-refractivity contribution in [2.24, 2.45) is 0 Å². The highest BCUT2D eigenvalue weighted by molar-refractivity contribution is 6.00. The third kappa shape index (κ3) is 4.64. The summed E-state index contributed by atoms with van der Waals surface area (Å²) in [6, 6.07) is 16.4. The largest absolute Gasteiger partial charge is 0.454 e. The summed E-state index contributed by atoms with van der Waals surface area (Å²) in [6.45, 7) is 5.01. The second kappa shape index (κ2) is 8.83. The summed E-state index contributed by atoms with van der Waals surface area (Å²) in [7, 11) is 0. The molecule has 0 atom stereocenters. The van der Waals surface area contributed by atoms with Crippen LogP contribution in [0.1, 0.15) is 57.9 Å². The van der Waals surface area contributed by atoms with Gasteiger partial charge in [-0.25, -0.2) is 4.79 Å². The molecule has 1 aromatic heterocycles. The van der Waals surface area contributed by atoms with Gasteiger partial charge in [-0.2, -0.15) is 0 Å². The second-order valence-electron chi connectivity index (χ2n) is 8.08. The van der Waals surface area contributed by atoms with E-state index in [9.17, 15) is 14.4 Å². The van der Waals surface area contributed by atoms with E-state index in [2.05, 4.69) is 4.57 Å². The average Bonchev–Trinajstić information content (AvgIpc) is 3.56. The lowest BCUT2D eigenvalue weighted by Crippen LogP contribution is -2.15. The minimum absolute atomic E-state index is 0.192. The predicted molar refractivity (Wildman–Crippen MR) is 120 cm³/mol. The van der Waals surface area contributed by atoms with Crippen molar-refractivity contribution in [1.29, 1.82) is 0 Å². The van der Waals surface area contributed by atoms with Gasteiger partial charge in [-0.3, -0.25) is 9.59 Å². The van der Waals surface area contributed by atoms with Crippen LogP contribution < -0.4 is 4.74 Å². The molecule has 1 aliphatic carbocycles. The van der Waals surface area contributed by atoms with Crippen LogP contribution in [0, 0.1) is 13.8 Å². The van der Waals surface area contributed by atoms with Crippen LogP contribution in [0.25, 0.3) is 11.1 Å². The third-order valence-corrected chi connectivity index (χ3v) is 5.60. The van der Waals surface area contributed by atoms with Crippen molar-refractivity contribution in [1.82, 2.24) is 4.57 Å². The number of nitrogens with zero attached hydrogens (tertiary/aromatic N) is 1. The van der Waals surface area contributed by atoms with Crippen LogP contribution in [0.4, 0.5) is 0 Å². The molecule has 1 saturated carbocycles. The number of rotatable bonds is 7. The smallest absolute Gasteiger partial charge is 0.338 e. The van der Waals surface area contributed by atoms with Crippen LogP contribution >= 0.6 is 0 Å². The van der Waals surface area contributed by atoms with Gasteiger partial charge in [0.1, 0.15) is 5.75 Å². The number of esters is 2. The lowest BCUT2D eigenvalue weighted by Gasteiger charge is -2.08. The summed E-state index contributed by atoms with van der Waals surface area (Å²) in [5.41, 5.74) is 4.82. The Balaban J connectivity index is 1.37. The Hall–Kier alpha value is -3.67. The SMILES string of the molecule is CC(=O)Oc1ccc(-c2ccc(C(=O)OCC(=O)c3cc(C)n(C4CC4)c3C)cc2)cc1. The van der Waals surface area contributed by atoms with Crippen molar-refractivity contribution in [2.75, 3.05) is 6.61 Å². The summed E-state index contributed by atoms with van der Waals surface area (Å²) < 4.78 is 12.5. The molecule has 6 heteroatoms. The van der Waals surface area contributed by atoms with Crippen LogP contribution in [0.2, 0.25) is 0 Å². The average molecular weight is 431 g/mol. The number of aryl methyl sites for hydroxylation is 1. The molecule has 0 amide bonds. The Labute approximate surface area is 186 Å². The molecular weight excluding hydrogens is 406 g/mol. The highest BCUT2D eigenvalue weighted by Crippen LogP contribution is 2.38. The van der Waals surface area contributed by atoms with Crippen molar-refractivity contribution < 1.29 is 23.9 Å². The van der Waals surface area contributed by atoms with Gasteiger partial charge in [0.25, 0.3) is 0 Å². The number of aromatic nitrogens is 1. The van der Waals surface area contributed by atoms with E-state index in [1.807, 2.05) is 44.2 Å². The second-order valence-corrected chi connectivity index (χ2v) is 8.08. The maximum absolute atomic E-state index is 12.6. The van der Waals surface area contributed by atoms with E-state index in [4.69, 9.17) is 9.47 Å². The highest BCUT2D eigenvalue weighted by Gasteiger charge is 2.28. The van der Waals surface area contributed by atoms with Gasteiger partial charge in [-0.1, -0.05) is 24.3 Å². The predicted octanol–water partition coefficient (Wildman–Crippen LogP) is 5.07. The van der Waals surface area contributed by atoms with Crippen LogP contribution in [0.3, 0.4) is 0 Å². The molecule has 6 nitrogen and oxygen atoms in total. The molecule has 0 unspecified atom stereocenters. The topological polar surface area (TPSA) is 74.6 Å². The van der Waals surface area contributed by atoms with Gasteiger partial charge >= 0.3 is 11.9 Å². The molecule has 0 spiro atoms. The van der Waals surface area contributed by atoms with E-state index < -0.39 is 5.97 Å². The maximum Gasteiger partial charge on any atom is 0.338 e. The minimum atomic E-state index is -0.536. The van der Waals surface area contributed by atoms with Crippen LogP contribution in [-0.4, -0.2) is 28.9 Å². The first-order valence-corrected chi connectivity index (χ1v) is 10.6. The molecule has 4 rings (SSSR count). The Bertz CT molecular complexity index is 1170. The Kier molecular flexibility index (Phi) is 5.95. The van der Waals surface area contributed by atoms with Crippen LogP contribution in [0.15, 0.2) is 54.6 Å². The fourth-order valence-electron chi connectivity index (χ4n) is 3.93. The molecule has 1 fully saturated rings. The molecule has 2 aromatic carbocycles. The van der Waals surface area contributed by atoms with E-state index >= 15 is 0 Å². The van der Waals surface area contributed by atoms with Crippen molar-refractivity contribution in [3.8, 4) is 16.9 Å². The monoisotopic (exact) mass is 431 g/mol. The molecule has 0 aliphatic heterocycles. The Morgan fingerprint density at radius 1 is 0.938 bits per heavy atom. The van der Waals surface area contributed by atoms with Crippen LogP contribution in [-0.2, 0) is 9.53 Å². The maximum atomic E-state index is 12.6. The number of benzene rings is 2. The molecule has 3 aromatic rings. The van der Waals surface area contributed by atoms with Crippen molar-refractivity contribution in [2.45, 2.75) is 39.7 Å². The van der Waals surface area contributed by atoms with E-state index in [0.29, 0.717) is 22.9 Å². The van der Waals surface area contributed by atoms with Gasteiger partial charge in [-0.15, -0.1) is 0 Å². The molecule has 1 heterocycles. The fourth-order valence-corrected chi connectivity index (χ4v) is 3.93. The van der Waals surface area contributed by atoms with Crippen molar-refractivity contribution in [3.05, 3.63) is 77.1 Å². The van der Waals surface area contributed by atoms with Gasteiger partial charge in [0.05, 0.1) is 5.56 Å². The van der Waals surface area contributed by atoms with Gasteiger partial charge in [0.15, 0.2) is 6.61 Å². The standard InChI is InChI=1S/C26H25NO5/c1-16-14-24(17(2)27(16)22-10-11-22)25(29)15-31-26(30)21-6-4-19(5-7-21)20-8-12-23(13-9-20)32-18(3)28/h4-9,12-14,22H,10-11,15H2,1-3H3. The summed E-state index contributed by atoms with van der Waals surface area (Å²) in [6.07, 6.45) is 2.29. The summed E-state index contributed by atoms with van der Waals surface area (Å²) in [5.74, 6) is -0.622. The quantitative estimate of drug-likeness (QED) is 0.297. The number of hydrogen-bond acceptors (Lipinski definition) is 5. The summed E-state index contributed by atoms with van der Waals surface area (Å²) in [5, 5.41) is 0. The van der Waals surface area contributed by atoms with Crippen LogP contribution in [0.5, 0.6) is 5.75 Å². The summed E-state index contributed by atoms with van der Waals surface area (Å²) in [4.78, 5) is 36.1. The zero-order valence-corrected chi connectivity index (χ0v) is 18.4. The molecule has 0 saturated heterocycles. The molecule has 0 radical (unpaired) electrons. The van der Waals surface area contributed by atoms with Gasteiger partial charge in [0.2, 0.25) is 5.78 Å².